The summed E-state index contributed by atoms with van der Waals surface area (Å²) in [5.74, 6) is 1.38. The van der Waals surface area contributed by atoms with Gasteiger partial charge in [0.05, 0.1) is 23.6 Å². The molecule has 2 atom stereocenters. The van der Waals surface area contributed by atoms with Crippen molar-refractivity contribution in [2.24, 2.45) is 7.05 Å². The van der Waals surface area contributed by atoms with Crippen LogP contribution in [0.25, 0.3) is 0 Å². The first-order valence-corrected chi connectivity index (χ1v) is 6.63. The number of anilines is 2. The van der Waals surface area contributed by atoms with E-state index in [-0.39, 0.29) is 12.2 Å². The number of ether oxygens (including phenoxy) is 1. The first kappa shape index (κ1) is 13.2. The van der Waals surface area contributed by atoms with Crippen LogP contribution in [-0.2, 0) is 11.8 Å². The molecule has 0 unspecified atom stereocenters. The van der Waals surface area contributed by atoms with Crippen molar-refractivity contribution in [2.45, 2.75) is 45.8 Å². The van der Waals surface area contributed by atoms with E-state index in [2.05, 4.69) is 37.7 Å². The number of rotatable bonds is 2. The molecule has 1 aromatic rings. The molecular weight excluding hydrogens is 228 g/mol. The molecule has 2 heterocycles. The second-order valence-electron chi connectivity index (χ2n) is 5.56. The van der Waals surface area contributed by atoms with Gasteiger partial charge >= 0.3 is 0 Å². The van der Waals surface area contributed by atoms with Gasteiger partial charge in [0.15, 0.2) is 5.82 Å². The predicted octanol–water partition coefficient (Wildman–Crippen LogP) is 1.74. The topological polar surface area (TPSA) is 56.3 Å². The number of hydrogen-bond donors (Lipinski definition) is 1. The van der Waals surface area contributed by atoms with E-state index in [1.54, 1.807) is 0 Å². The van der Waals surface area contributed by atoms with Crippen molar-refractivity contribution in [3.8, 4) is 0 Å². The fraction of sp³-hybridized carbons (Fsp3) is 0.769. The van der Waals surface area contributed by atoms with E-state index < -0.39 is 0 Å². The van der Waals surface area contributed by atoms with E-state index in [0.29, 0.717) is 5.92 Å². The molecule has 2 rings (SSSR count). The zero-order valence-corrected chi connectivity index (χ0v) is 12.0. The number of morpholine rings is 1. The van der Waals surface area contributed by atoms with Crippen LogP contribution in [0, 0.1) is 0 Å². The Labute approximate surface area is 109 Å². The molecule has 0 saturated carbocycles. The summed E-state index contributed by atoms with van der Waals surface area (Å²) in [5, 5.41) is 4.54. The Kier molecular flexibility index (Phi) is 3.52. The second-order valence-corrected chi connectivity index (χ2v) is 5.56. The third-order valence-electron chi connectivity index (χ3n) is 3.35. The average Bonchev–Trinajstić information content (AvgIpc) is 2.52. The lowest BCUT2D eigenvalue weighted by Gasteiger charge is -2.36. The van der Waals surface area contributed by atoms with Gasteiger partial charge < -0.3 is 15.4 Å². The zero-order chi connectivity index (χ0) is 13.4. The molecule has 1 aromatic heterocycles. The number of hydrogen-bond acceptors (Lipinski definition) is 4. The van der Waals surface area contributed by atoms with Crippen molar-refractivity contribution < 1.29 is 4.74 Å². The number of nitrogens with zero attached hydrogens (tertiary/aromatic N) is 3. The molecule has 1 saturated heterocycles. The van der Waals surface area contributed by atoms with Gasteiger partial charge in [-0.2, -0.15) is 5.10 Å². The van der Waals surface area contributed by atoms with Gasteiger partial charge in [-0.1, -0.05) is 13.8 Å². The van der Waals surface area contributed by atoms with Crippen molar-refractivity contribution >= 4 is 11.5 Å². The second kappa shape index (κ2) is 4.80. The highest BCUT2D eigenvalue weighted by Crippen LogP contribution is 2.32. The molecule has 0 bridgehead atoms. The van der Waals surface area contributed by atoms with Crippen LogP contribution in [0.3, 0.4) is 0 Å². The van der Waals surface area contributed by atoms with Crippen LogP contribution >= 0.6 is 0 Å². The van der Waals surface area contributed by atoms with Crippen LogP contribution in [-0.4, -0.2) is 35.1 Å². The van der Waals surface area contributed by atoms with Gasteiger partial charge in [0.1, 0.15) is 0 Å². The largest absolute Gasteiger partial charge is 0.394 e. The smallest absolute Gasteiger partial charge is 0.150 e. The average molecular weight is 252 g/mol. The SMILES string of the molecule is CC(C)c1nn(C)c(N2C[C@@H](C)O[C@@H](C)C2)c1N. The monoisotopic (exact) mass is 252 g/mol. The zero-order valence-electron chi connectivity index (χ0n) is 12.0. The quantitative estimate of drug-likeness (QED) is 0.871. The van der Waals surface area contributed by atoms with Gasteiger partial charge in [-0.25, -0.2) is 0 Å². The normalized spacial score (nSPS) is 24.9. The summed E-state index contributed by atoms with van der Waals surface area (Å²) < 4.78 is 7.66. The summed E-state index contributed by atoms with van der Waals surface area (Å²) in [6.45, 7) is 10.2. The van der Waals surface area contributed by atoms with Gasteiger partial charge in [-0.15, -0.1) is 0 Å². The fourth-order valence-electron chi connectivity index (χ4n) is 2.70. The first-order chi connectivity index (χ1) is 8.40. The van der Waals surface area contributed by atoms with Gasteiger partial charge in [0, 0.05) is 20.1 Å². The van der Waals surface area contributed by atoms with Crippen LogP contribution in [0.15, 0.2) is 0 Å². The molecule has 0 amide bonds. The molecule has 5 heteroatoms. The van der Waals surface area contributed by atoms with E-state index in [1.165, 1.54) is 0 Å². The van der Waals surface area contributed by atoms with Crippen LogP contribution in [0.2, 0.25) is 0 Å². The van der Waals surface area contributed by atoms with E-state index in [4.69, 9.17) is 10.5 Å². The van der Waals surface area contributed by atoms with Crippen LogP contribution in [0.1, 0.15) is 39.3 Å². The molecule has 2 N–H and O–H groups in total. The van der Waals surface area contributed by atoms with E-state index in [0.717, 1.165) is 30.3 Å². The molecule has 18 heavy (non-hydrogen) atoms. The Bertz CT molecular complexity index is 417. The molecule has 0 aliphatic carbocycles. The summed E-state index contributed by atoms with van der Waals surface area (Å²) >= 11 is 0. The summed E-state index contributed by atoms with van der Waals surface area (Å²) in [7, 11) is 1.96. The van der Waals surface area contributed by atoms with E-state index in [9.17, 15) is 0 Å². The number of nitrogens with two attached hydrogens (primary N) is 1. The van der Waals surface area contributed by atoms with Crippen LogP contribution < -0.4 is 10.6 Å². The first-order valence-electron chi connectivity index (χ1n) is 6.63. The molecule has 5 nitrogen and oxygen atoms in total. The van der Waals surface area contributed by atoms with Crippen molar-refractivity contribution in [3.05, 3.63) is 5.69 Å². The van der Waals surface area contributed by atoms with Crippen molar-refractivity contribution in [1.29, 1.82) is 0 Å². The van der Waals surface area contributed by atoms with Crippen molar-refractivity contribution in [2.75, 3.05) is 23.7 Å². The van der Waals surface area contributed by atoms with Crippen molar-refractivity contribution in [1.82, 2.24) is 9.78 Å². The summed E-state index contributed by atoms with van der Waals surface area (Å²) in [6.07, 6.45) is 0.455. The third-order valence-corrected chi connectivity index (χ3v) is 3.35. The molecule has 0 radical (unpaired) electrons. The van der Waals surface area contributed by atoms with Gasteiger partial charge in [-0.05, 0) is 19.8 Å². The lowest BCUT2D eigenvalue weighted by molar-refractivity contribution is -0.00560. The number of nitrogen functional groups attached to an aromatic ring is 1. The summed E-state index contributed by atoms with van der Waals surface area (Å²) in [6, 6.07) is 0. The standard InChI is InChI=1S/C13H24N4O/c1-8(2)12-11(14)13(16(5)15-12)17-6-9(3)18-10(4)7-17/h8-10H,6-7,14H2,1-5H3/t9-,10+. The molecule has 102 valence electrons. The highest BCUT2D eigenvalue weighted by Gasteiger charge is 2.27. The fourth-order valence-corrected chi connectivity index (χ4v) is 2.70. The Morgan fingerprint density at radius 3 is 2.28 bits per heavy atom. The minimum Gasteiger partial charge on any atom is -0.394 e. The number of aromatic nitrogens is 2. The molecule has 1 aliphatic rings. The van der Waals surface area contributed by atoms with E-state index in [1.807, 2.05) is 11.7 Å². The van der Waals surface area contributed by atoms with Crippen LogP contribution in [0.4, 0.5) is 11.5 Å². The molecule has 0 aromatic carbocycles. The number of aryl methyl sites for hydroxylation is 1. The van der Waals surface area contributed by atoms with Crippen molar-refractivity contribution in [3.63, 3.8) is 0 Å². The maximum Gasteiger partial charge on any atom is 0.150 e. The Morgan fingerprint density at radius 1 is 1.28 bits per heavy atom. The van der Waals surface area contributed by atoms with E-state index >= 15 is 0 Å². The molecule has 1 fully saturated rings. The summed E-state index contributed by atoms with van der Waals surface area (Å²) in [4.78, 5) is 2.28. The predicted molar refractivity (Wildman–Crippen MR) is 73.9 cm³/mol. The van der Waals surface area contributed by atoms with Gasteiger partial charge in [-0.3, -0.25) is 4.68 Å². The lowest BCUT2D eigenvalue weighted by atomic mass is 10.1. The third kappa shape index (κ3) is 2.32. The minimum atomic E-state index is 0.227. The maximum absolute atomic E-state index is 6.26. The molecule has 1 aliphatic heterocycles. The maximum atomic E-state index is 6.26. The molecular formula is C13H24N4O. The van der Waals surface area contributed by atoms with Gasteiger partial charge in [0.2, 0.25) is 0 Å². The Balaban J connectivity index is 2.33. The lowest BCUT2D eigenvalue weighted by Crippen LogP contribution is -2.46. The Hall–Kier alpha value is -1.23. The highest BCUT2D eigenvalue weighted by molar-refractivity contribution is 5.67. The highest BCUT2D eigenvalue weighted by atomic mass is 16.5. The summed E-state index contributed by atoms with van der Waals surface area (Å²) in [5.41, 5.74) is 8.06. The minimum absolute atomic E-state index is 0.227. The molecule has 0 spiro atoms. The van der Waals surface area contributed by atoms with Crippen LogP contribution in [0.5, 0.6) is 0 Å². The Morgan fingerprint density at radius 2 is 1.83 bits per heavy atom. The van der Waals surface area contributed by atoms with Gasteiger partial charge in [0.25, 0.3) is 0 Å².